The van der Waals surface area contributed by atoms with Crippen LogP contribution in [0.3, 0.4) is 0 Å². The van der Waals surface area contributed by atoms with E-state index in [2.05, 4.69) is 45.2 Å². The second kappa shape index (κ2) is 2.27. The molecule has 0 aromatic heterocycles. The molecule has 1 aliphatic rings. The molecule has 0 saturated heterocycles. The Balaban J connectivity index is 2.54. The van der Waals surface area contributed by atoms with Crippen LogP contribution in [0.1, 0.15) is 13.8 Å². The normalized spacial score (nSPS) is 22.7. The second-order valence-electron chi connectivity index (χ2n) is 3.83. The Kier molecular flexibility index (Phi) is 1.73. The largest absolute Gasteiger partial charge is 0.324 e. The molecular weight excluding hydrogens is 124 g/mol. The van der Waals surface area contributed by atoms with Crippen molar-refractivity contribution >= 4 is 0 Å². The third-order valence-electron chi connectivity index (χ3n) is 1.85. The summed E-state index contributed by atoms with van der Waals surface area (Å²) in [6.45, 7) is 5.54. The fourth-order valence-electron chi connectivity index (χ4n) is 1.12. The Labute approximate surface area is 63.3 Å². The SMILES string of the molecule is CC(C)N1C=C[N+](C)(C)C1. The minimum Gasteiger partial charge on any atom is -0.324 e. The van der Waals surface area contributed by atoms with E-state index in [4.69, 9.17) is 0 Å². The molecular formula is C8H17N2+. The average molecular weight is 141 g/mol. The van der Waals surface area contributed by atoms with Crippen LogP contribution in [-0.2, 0) is 0 Å². The maximum absolute atomic E-state index is 2.35. The van der Waals surface area contributed by atoms with Gasteiger partial charge < -0.3 is 4.90 Å². The summed E-state index contributed by atoms with van der Waals surface area (Å²) < 4.78 is 0.984. The van der Waals surface area contributed by atoms with Crippen molar-refractivity contribution in [2.45, 2.75) is 19.9 Å². The summed E-state index contributed by atoms with van der Waals surface area (Å²) in [4.78, 5) is 2.35. The van der Waals surface area contributed by atoms with Crippen molar-refractivity contribution in [3.05, 3.63) is 12.4 Å². The number of nitrogens with zero attached hydrogens (tertiary/aromatic N) is 2. The van der Waals surface area contributed by atoms with Crippen LogP contribution in [0.4, 0.5) is 0 Å². The Morgan fingerprint density at radius 2 is 2.00 bits per heavy atom. The van der Waals surface area contributed by atoms with Crippen molar-refractivity contribution in [3.8, 4) is 0 Å². The molecule has 58 valence electrons. The van der Waals surface area contributed by atoms with Crippen LogP contribution in [0.25, 0.3) is 0 Å². The lowest BCUT2D eigenvalue weighted by atomic mass is 10.4. The third kappa shape index (κ3) is 1.51. The van der Waals surface area contributed by atoms with Crippen LogP contribution in [-0.4, -0.2) is 36.2 Å². The summed E-state index contributed by atoms with van der Waals surface area (Å²) in [7, 11) is 4.41. The zero-order chi connectivity index (χ0) is 7.78. The molecule has 0 N–H and O–H groups in total. The molecule has 2 nitrogen and oxygen atoms in total. The average Bonchev–Trinajstić information content (AvgIpc) is 2.10. The lowest BCUT2D eigenvalue weighted by Gasteiger charge is -2.25. The Morgan fingerprint density at radius 1 is 1.40 bits per heavy atom. The van der Waals surface area contributed by atoms with E-state index in [-0.39, 0.29) is 0 Å². The van der Waals surface area contributed by atoms with Crippen LogP contribution >= 0.6 is 0 Å². The molecule has 1 aliphatic heterocycles. The zero-order valence-corrected chi connectivity index (χ0v) is 7.33. The van der Waals surface area contributed by atoms with E-state index in [1.807, 2.05) is 0 Å². The lowest BCUT2D eigenvalue weighted by Crippen LogP contribution is -2.39. The van der Waals surface area contributed by atoms with E-state index < -0.39 is 0 Å². The maximum atomic E-state index is 2.35. The summed E-state index contributed by atoms with van der Waals surface area (Å²) >= 11 is 0. The Morgan fingerprint density at radius 3 is 2.20 bits per heavy atom. The van der Waals surface area contributed by atoms with Crippen LogP contribution < -0.4 is 0 Å². The molecule has 0 aromatic carbocycles. The first-order valence-corrected chi connectivity index (χ1v) is 3.79. The summed E-state index contributed by atoms with van der Waals surface area (Å²) in [6.07, 6.45) is 4.41. The smallest absolute Gasteiger partial charge is 0.158 e. The molecule has 0 bridgehead atoms. The van der Waals surface area contributed by atoms with E-state index in [1.54, 1.807) is 0 Å². The fraction of sp³-hybridized carbons (Fsp3) is 0.750. The van der Waals surface area contributed by atoms with E-state index in [0.29, 0.717) is 6.04 Å². The highest BCUT2D eigenvalue weighted by Crippen LogP contribution is 2.13. The summed E-state index contributed by atoms with van der Waals surface area (Å²) in [5.41, 5.74) is 0. The highest BCUT2D eigenvalue weighted by molar-refractivity contribution is 4.82. The van der Waals surface area contributed by atoms with Gasteiger partial charge >= 0.3 is 0 Å². The van der Waals surface area contributed by atoms with Crippen molar-refractivity contribution in [3.63, 3.8) is 0 Å². The fourth-order valence-corrected chi connectivity index (χ4v) is 1.12. The molecule has 2 heteroatoms. The minimum atomic E-state index is 0.635. The molecule has 0 unspecified atom stereocenters. The summed E-state index contributed by atoms with van der Waals surface area (Å²) in [5.74, 6) is 0. The summed E-state index contributed by atoms with van der Waals surface area (Å²) in [5, 5.41) is 0. The van der Waals surface area contributed by atoms with Gasteiger partial charge in [0, 0.05) is 6.04 Å². The van der Waals surface area contributed by atoms with Gasteiger partial charge in [0.1, 0.15) is 6.20 Å². The van der Waals surface area contributed by atoms with Crippen LogP contribution in [0.15, 0.2) is 12.4 Å². The molecule has 10 heavy (non-hydrogen) atoms. The molecule has 0 atom stereocenters. The van der Waals surface area contributed by atoms with Gasteiger partial charge in [0.2, 0.25) is 0 Å². The first-order valence-electron chi connectivity index (χ1n) is 3.79. The second-order valence-corrected chi connectivity index (χ2v) is 3.83. The zero-order valence-electron chi connectivity index (χ0n) is 7.33. The topological polar surface area (TPSA) is 3.24 Å². The lowest BCUT2D eigenvalue weighted by molar-refractivity contribution is -0.841. The Hall–Kier alpha value is -0.500. The molecule has 0 radical (unpaired) electrons. The van der Waals surface area contributed by atoms with E-state index in [0.717, 1.165) is 11.2 Å². The minimum absolute atomic E-state index is 0.635. The molecule has 0 amide bonds. The van der Waals surface area contributed by atoms with Crippen molar-refractivity contribution in [1.29, 1.82) is 0 Å². The molecule has 0 fully saturated rings. The van der Waals surface area contributed by atoms with Crippen LogP contribution in [0, 0.1) is 0 Å². The van der Waals surface area contributed by atoms with E-state index in [9.17, 15) is 0 Å². The van der Waals surface area contributed by atoms with Gasteiger partial charge in [-0.2, -0.15) is 0 Å². The van der Waals surface area contributed by atoms with Gasteiger partial charge in [-0.05, 0) is 13.8 Å². The first-order chi connectivity index (χ1) is 4.51. The van der Waals surface area contributed by atoms with E-state index >= 15 is 0 Å². The molecule has 0 aliphatic carbocycles. The quantitative estimate of drug-likeness (QED) is 0.496. The van der Waals surface area contributed by atoms with Crippen molar-refractivity contribution in [1.82, 2.24) is 4.90 Å². The highest BCUT2D eigenvalue weighted by atomic mass is 15.4. The monoisotopic (exact) mass is 141 g/mol. The van der Waals surface area contributed by atoms with Gasteiger partial charge in [-0.1, -0.05) is 0 Å². The van der Waals surface area contributed by atoms with Gasteiger partial charge in [-0.3, -0.25) is 4.48 Å². The predicted molar refractivity (Wildman–Crippen MR) is 43.1 cm³/mol. The number of quaternary nitrogens is 1. The van der Waals surface area contributed by atoms with Crippen molar-refractivity contribution in [2.24, 2.45) is 0 Å². The number of rotatable bonds is 1. The molecule has 0 aromatic rings. The number of hydrogen-bond acceptors (Lipinski definition) is 1. The highest BCUT2D eigenvalue weighted by Gasteiger charge is 2.23. The van der Waals surface area contributed by atoms with Gasteiger partial charge in [0.25, 0.3) is 0 Å². The molecule has 1 rings (SSSR count). The first kappa shape index (κ1) is 7.61. The molecule has 0 saturated carbocycles. The van der Waals surface area contributed by atoms with Crippen LogP contribution in [0.2, 0.25) is 0 Å². The van der Waals surface area contributed by atoms with Gasteiger partial charge in [-0.15, -0.1) is 0 Å². The third-order valence-corrected chi connectivity index (χ3v) is 1.85. The van der Waals surface area contributed by atoms with Gasteiger partial charge in [-0.25, -0.2) is 0 Å². The van der Waals surface area contributed by atoms with Crippen LogP contribution in [0.5, 0.6) is 0 Å². The standard InChI is InChI=1S/C8H17N2/c1-8(2)9-5-6-10(3,4)7-9/h5-6,8H,7H2,1-4H3/q+1. The van der Waals surface area contributed by atoms with Gasteiger partial charge in [0.05, 0.1) is 20.3 Å². The summed E-state index contributed by atoms with van der Waals surface area (Å²) in [6, 6.07) is 0.635. The molecule has 0 spiro atoms. The number of hydrogen-bond donors (Lipinski definition) is 0. The maximum Gasteiger partial charge on any atom is 0.158 e. The van der Waals surface area contributed by atoms with Crippen molar-refractivity contribution in [2.75, 3.05) is 20.8 Å². The van der Waals surface area contributed by atoms with E-state index in [1.165, 1.54) is 0 Å². The Bertz CT molecular complexity index is 147. The molecule has 1 heterocycles. The predicted octanol–water partition coefficient (Wildman–Crippen LogP) is 1.22. The van der Waals surface area contributed by atoms with Gasteiger partial charge in [0.15, 0.2) is 6.67 Å². The van der Waals surface area contributed by atoms with Crippen molar-refractivity contribution < 1.29 is 4.48 Å².